The highest BCUT2D eigenvalue weighted by atomic mass is 16.2. The molecule has 4 nitrogen and oxygen atoms in total. The molecular formula is C17H28N2O2. The summed E-state index contributed by atoms with van der Waals surface area (Å²) in [6.07, 6.45) is 11.1. The molecule has 2 amide bonds. The van der Waals surface area contributed by atoms with Crippen LogP contribution in [-0.4, -0.2) is 35.3 Å². The molecule has 3 rings (SSSR count). The summed E-state index contributed by atoms with van der Waals surface area (Å²) < 4.78 is 0. The first-order valence-electron chi connectivity index (χ1n) is 8.68. The van der Waals surface area contributed by atoms with E-state index in [9.17, 15) is 9.59 Å². The van der Waals surface area contributed by atoms with Gasteiger partial charge >= 0.3 is 0 Å². The van der Waals surface area contributed by atoms with Crippen molar-refractivity contribution in [2.45, 2.75) is 83.2 Å². The second-order valence-electron chi connectivity index (χ2n) is 7.55. The number of carbonyl (C=O) groups is 2. The maximum absolute atomic E-state index is 12.5. The number of rotatable bonds is 4. The van der Waals surface area contributed by atoms with Crippen molar-refractivity contribution in [3.8, 4) is 0 Å². The molecule has 118 valence electrons. The lowest BCUT2D eigenvalue weighted by molar-refractivity contribution is -0.141. The van der Waals surface area contributed by atoms with Crippen LogP contribution in [0.3, 0.4) is 0 Å². The molecule has 0 aromatic carbocycles. The van der Waals surface area contributed by atoms with Crippen LogP contribution < -0.4 is 5.32 Å². The first-order valence-corrected chi connectivity index (χ1v) is 8.68. The Labute approximate surface area is 127 Å². The topological polar surface area (TPSA) is 49.4 Å². The number of amides is 2. The highest BCUT2D eigenvalue weighted by Gasteiger charge is 2.43. The van der Waals surface area contributed by atoms with Gasteiger partial charge in [0.1, 0.15) is 0 Å². The van der Waals surface area contributed by atoms with Crippen LogP contribution in [0.25, 0.3) is 0 Å². The second-order valence-corrected chi connectivity index (χ2v) is 7.55. The number of likely N-dealkylation sites (tertiary alicyclic amines) is 1. The maximum Gasteiger partial charge on any atom is 0.247 e. The van der Waals surface area contributed by atoms with E-state index in [1.165, 1.54) is 32.1 Å². The molecular weight excluding hydrogens is 264 g/mol. The first kappa shape index (κ1) is 15.0. The van der Waals surface area contributed by atoms with Gasteiger partial charge in [-0.1, -0.05) is 39.0 Å². The van der Waals surface area contributed by atoms with Crippen molar-refractivity contribution in [1.29, 1.82) is 0 Å². The minimum Gasteiger partial charge on any atom is -0.305 e. The molecule has 1 heterocycles. The van der Waals surface area contributed by atoms with E-state index in [0.29, 0.717) is 11.8 Å². The van der Waals surface area contributed by atoms with Crippen LogP contribution in [-0.2, 0) is 9.59 Å². The average Bonchev–Trinajstić information content (AvgIpc) is 3.06. The Balaban J connectivity index is 1.56. The van der Waals surface area contributed by atoms with Gasteiger partial charge in [0.05, 0.1) is 12.5 Å². The number of carbonyl (C=O) groups excluding carboxylic acids is 2. The molecule has 0 bridgehead atoms. The molecule has 1 unspecified atom stereocenters. The van der Waals surface area contributed by atoms with Crippen molar-refractivity contribution >= 4 is 11.8 Å². The van der Waals surface area contributed by atoms with E-state index in [4.69, 9.17) is 0 Å². The van der Waals surface area contributed by atoms with Crippen molar-refractivity contribution in [3.63, 3.8) is 0 Å². The average molecular weight is 292 g/mol. The normalized spacial score (nSPS) is 30.3. The fourth-order valence-corrected chi connectivity index (χ4v) is 4.31. The fraction of sp³-hybridized carbons (Fsp3) is 0.882. The summed E-state index contributed by atoms with van der Waals surface area (Å²) in [7, 11) is 0. The van der Waals surface area contributed by atoms with Crippen molar-refractivity contribution in [2.24, 2.45) is 5.41 Å². The second kappa shape index (κ2) is 6.07. The molecule has 1 atom stereocenters. The van der Waals surface area contributed by atoms with Crippen molar-refractivity contribution < 1.29 is 9.59 Å². The zero-order valence-corrected chi connectivity index (χ0v) is 13.2. The van der Waals surface area contributed by atoms with E-state index < -0.39 is 0 Å². The summed E-state index contributed by atoms with van der Waals surface area (Å²) in [5, 5.41) is 3.41. The molecule has 1 N–H and O–H groups in total. The Morgan fingerprint density at radius 2 is 1.76 bits per heavy atom. The fourth-order valence-electron chi connectivity index (χ4n) is 4.31. The van der Waals surface area contributed by atoms with Crippen LogP contribution in [0.15, 0.2) is 0 Å². The predicted octanol–water partition coefficient (Wildman–Crippen LogP) is 2.62. The number of nitrogens with zero attached hydrogens (tertiary/aromatic N) is 1. The van der Waals surface area contributed by atoms with Gasteiger partial charge in [-0.05, 0) is 31.1 Å². The highest BCUT2D eigenvalue weighted by Crippen LogP contribution is 2.35. The van der Waals surface area contributed by atoms with E-state index in [2.05, 4.69) is 12.2 Å². The summed E-state index contributed by atoms with van der Waals surface area (Å²) in [6, 6.07) is -0.0843. The predicted molar refractivity (Wildman–Crippen MR) is 81.7 cm³/mol. The Bertz CT molecular complexity index is 409. The van der Waals surface area contributed by atoms with Crippen molar-refractivity contribution in [1.82, 2.24) is 10.2 Å². The van der Waals surface area contributed by atoms with E-state index in [-0.39, 0.29) is 23.9 Å². The van der Waals surface area contributed by atoms with Crippen LogP contribution in [0.1, 0.15) is 71.1 Å². The van der Waals surface area contributed by atoms with E-state index in [1.54, 1.807) is 4.90 Å². The minimum absolute atomic E-state index is 0.0336. The lowest BCUT2D eigenvalue weighted by Crippen LogP contribution is -2.45. The van der Waals surface area contributed by atoms with E-state index in [1.807, 2.05) is 0 Å². The quantitative estimate of drug-likeness (QED) is 0.810. The zero-order valence-electron chi connectivity index (χ0n) is 13.2. The molecule has 3 aliphatic rings. The maximum atomic E-state index is 12.5. The van der Waals surface area contributed by atoms with Gasteiger partial charge in [-0.25, -0.2) is 0 Å². The molecule has 2 aliphatic carbocycles. The molecule has 2 saturated carbocycles. The molecule has 1 saturated heterocycles. The number of hydrogen-bond acceptors (Lipinski definition) is 3. The Morgan fingerprint density at radius 1 is 1.10 bits per heavy atom. The molecule has 3 fully saturated rings. The molecule has 0 aromatic rings. The Kier molecular flexibility index (Phi) is 4.34. The van der Waals surface area contributed by atoms with Crippen LogP contribution >= 0.6 is 0 Å². The zero-order chi connectivity index (χ0) is 14.9. The van der Waals surface area contributed by atoms with Crippen molar-refractivity contribution in [2.75, 3.05) is 6.54 Å². The molecule has 0 spiro atoms. The van der Waals surface area contributed by atoms with Gasteiger partial charge in [-0.2, -0.15) is 0 Å². The van der Waals surface area contributed by atoms with Gasteiger partial charge < -0.3 is 5.32 Å². The van der Waals surface area contributed by atoms with Gasteiger partial charge in [0, 0.05) is 12.6 Å². The van der Waals surface area contributed by atoms with Gasteiger partial charge in [0.2, 0.25) is 11.8 Å². The first-order chi connectivity index (χ1) is 10.1. The van der Waals surface area contributed by atoms with Gasteiger partial charge in [-0.3, -0.25) is 14.5 Å². The molecule has 0 aromatic heterocycles. The number of hydrogen-bond donors (Lipinski definition) is 1. The number of imide groups is 1. The smallest absolute Gasteiger partial charge is 0.247 e. The molecule has 1 aliphatic heterocycles. The standard InChI is InChI=1S/C17H28N2O2/c1-17(9-5-2-6-10-17)12-18-14-11-15(20)19(16(14)21)13-7-3-4-8-13/h13-14,18H,2-12H2,1H3. The monoisotopic (exact) mass is 292 g/mol. The van der Waals surface area contributed by atoms with Crippen LogP contribution in [0.2, 0.25) is 0 Å². The molecule has 0 radical (unpaired) electrons. The summed E-state index contributed by atoms with van der Waals surface area (Å²) in [5.41, 5.74) is 0.308. The highest BCUT2D eigenvalue weighted by molar-refractivity contribution is 6.05. The molecule has 4 heteroatoms. The van der Waals surface area contributed by atoms with Gasteiger partial charge in [0.15, 0.2) is 0 Å². The van der Waals surface area contributed by atoms with Crippen molar-refractivity contribution in [3.05, 3.63) is 0 Å². The van der Waals surface area contributed by atoms with Gasteiger partial charge in [-0.15, -0.1) is 0 Å². The summed E-state index contributed by atoms with van der Waals surface area (Å²) in [5.74, 6) is 0.0736. The van der Waals surface area contributed by atoms with E-state index >= 15 is 0 Å². The largest absolute Gasteiger partial charge is 0.305 e. The van der Waals surface area contributed by atoms with E-state index in [0.717, 1.165) is 32.2 Å². The van der Waals surface area contributed by atoms with Gasteiger partial charge in [0.25, 0.3) is 0 Å². The summed E-state index contributed by atoms with van der Waals surface area (Å²) in [6.45, 7) is 3.18. The molecule has 21 heavy (non-hydrogen) atoms. The van der Waals surface area contributed by atoms with Crippen LogP contribution in [0.4, 0.5) is 0 Å². The van der Waals surface area contributed by atoms with Crippen LogP contribution in [0, 0.1) is 5.41 Å². The number of nitrogens with one attached hydrogen (secondary N) is 1. The Hall–Kier alpha value is -0.900. The van der Waals surface area contributed by atoms with Crippen LogP contribution in [0.5, 0.6) is 0 Å². The summed E-state index contributed by atoms with van der Waals surface area (Å²) in [4.78, 5) is 26.3. The Morgan fingerprint density at radius 3 is 2.43 bits per heavy atom. The summed E-state index contributed by atoms with van der Waals surface area (Å²) >= 11 is 0. The third-order valence-electron chi connectivity index (χ3n) is 5.71. The lowest BCUT2D eigenvalue weighted by Gasteiger charge is -2.34. The third kappa shape index (κ3) is 3.15. The third-order valence-corrected chi connectivity index (χ3v) is 5.71. The SMILES string of the molecule is CC1(CNC2CC(=O)N(C3CCCC3)C2=O)CCCCC1. The lowest BCUT2D eigenvalue weighted by atomic mass is 9.75. The minimum atomic E-state index is -0.267.